The molecular formula is C51H100O13. The van der Waals surface area contributed by atoms with Gasteiger partial charge < -0.3 is 64.2 Å². The molecule has 13 nitrogen and oxygen atoms in total. The summed E-state index contributed by atoms with van der Waals surface area (Å²) in [6.45, 7) is 4.72. The molecule has 1 unspecified atom stereocenters. The molecule has 2 fully saturated rings. The Kier molecular flexibility index (Phi) is 37.6. The highest BCUT2D eigenvalue weighted by molar-refractivity contribution is 4.94. The first-order valence-electron chi connectivity index (χ1n) is 26.7. The minimum Gasteiger partial charge on any atom is -0.394 e. The van der Waals surface area contributed by atoms with Crippen LogP contribution in [-0.2, 0) is 28.4 Å². The maximum atomic E-state index is 11.1. The van der Waals surface area contributed by atoms with E-state index < -0.39 is 80.7 Å². The van der Waals surface area contributed by atoms with E-state index in [4.69, 9.17) is 28.4 Å². The van der Waals surface area contributed by atoms with Crippen LogP contribution in [0, 0.1) is 0 Å². The zero-order chi connectivity index (χ0) is 46.5. The molecule has 0 bridgehead atoms. The van der Waals surface area contributed by atoms with Crippen LogP contribution < -0.4 is 0 Å². The lowest BCUT2D eigenvalue weighted by molar-refractivity contribution is -0.360. The van der Waals surface area contributed by atoms with Crippen LogP contribution in [0.25, 0.3) is 0 Å². The molecule has 0 saturated carbocycles. The van der Waals surface area contributed by atoms with Gasteiger partial charge in [-0.2, -0.15) is 0 Å². The van der Waals surface area contributed by atoms with E-state index in [2.05, 4.69) is 13.8 Å². The Balaban J connectivity index is 1.71. The van der Waals surface area contributed by atoms with E-state index in [0.29, 0.717) is 19.8 Å². The van der Waals surface area contributed by atoms with E-state index in [0.717, 1.165) is 25.7 Å². The molecule has 0 aromatic heterocycles. The van der Waals surface area contributed by atoms with Crippen molar-refractivity contribution in [2.75, 3.05) is 39.6 Å². The monoisotopic (exact) mass is 921 g/mol. The molecule has 0 aliphatic carbocycles. The number of ether oxygens (including phenoxy) is 6. The number of aliphatic hydroxyl groups excluding tert-OH is 7. The predicted octanol–water partition coefficient (Wildman–Crippen LogP) is 8.55. The van der Waals surface area contributed by atoms with Crippen molar-refractivity contribution in [1.82, 2.24) is 0 Å². The summed E-state index contributed by atoms with van der Waals surface area (Å²) in [6.07, 6.45) is 26.2. The quantitative estimate of drug-likeness (QED) is 0.0288. The summed E-state index contributed by atoms with van der Waals surface area (Å²) in [6, 6.07) is 0. The van der Waals surface area contributed by atoms with Crippen molar-refractivity contribution in [3.05, 3.63) is 0 Å². The topological polar surface area (TPSA) is 197 Å². The molecule has 11 atom stereocenters. The molecule has 7 N–H and O–H groups in total. The van der Waals surface area contributed by atoms with E-state index in [1.54, 1.807) is 0 Å². The summed E-state index contributed by atoms with van der Waals surface area (Å²) in [5.41, 5.74) is 0. The second kappa shape index (κ2) is 40.4. The van der Waals surface area contributed by atoms with E-state index in [9.17, 15) is 35.7 Å². The average molecular weight is 921 g/mol. The molecule has 2 aliphatic rings. The molecule has 2 saturated heterocycles. The summed E-state index contributed by atoms with van der Waals surface area (Å²) >= 11 is 0. The molecular weight excluding hydrogens is 821 g/mol. The number of hydrogen-bond acceptors (Lipinski definition) is 13. The standard InChI is InChI=1S/C51H100O13/c1-3-5-7-9-11-13-15-17-19-21-23-25-27-29-31-33-35-59-39-41(60-36-34-32-30-28-26-24-22-20-18-16-14-12-10-8-6-4-2)40-61-50-48(58)46(56)49(43(38-53)63-50)64-51-47(57)45(55)44(54)42(37-52)62-51/h41-58H,3-40H2,1-2H3/t41?,42-,43-,44-,45+,46-,47-,48-,49-,50-,51-/m1/s1. The Morgan fingerprint density at radius 1 is 0.391 bits per heavy atom. The van der Waals surface area contributed by atoms with Gasteiger partial charge in [0.2, 0.25) is 0 Å². The van der Waals surface area contributed by atoms with Crippen LogP contribution in [0.5, 0.6) is 0 Å². The SMILES string of the molecule is CCCCCCCCCCCCCCCCCCOCC(CO[C@@H]1O[C@H](CO)[C@@H](O[C@H]2O[C@H](CO)[C@@H](O)[C@H](O)[C@H]2O)[C@H](O)[C@H]1O)OCCCCCCCCCCCCCCCCCC. The molecule has 0 aromatic rings. The molecule has 2 heterocycles. The molecule has 13 heteroatoms. The Hall–Kier alpha value is -0.520. The van der Waals surface area contributed by atoms with Crippen LogP contribution in [0.3, 0.4) is 0 Å². The van der Waals surface area contributed by atoms with E-state index in [1.807, 2.05) is 0 Å². The third kappa shape index (κ3) is 26.9. The number of rotatable bonds is 44. The van der Waals surface area contributed by atoms with E-state index in [-0.39, 0.29) is 6.61 Å². The van der Waals surface area contributed by atoms with Gasteiger partial charge in [-0.15, -0.1) is 0 Å². The van der Waals surface area contributed by atoms with Gasteiger partial charge in [-0.1, -0.05) is 206 Å². The molecule has 2 aliphatic heterocycles. The second-order valence-electron chi connectivity index (χ2n) is 19.0. The number of hydrogen-bond donors (Lipinski definition) is 7. The summed E-state index contributed by atoms with van der Waals surface area (Å²) in [5.74, 6) is 0. The van der Waals surface area contributed by atoms with Crippen LogP contribution in [0.1, 0.15) is 219 Å². The van der Waals surface area contributed by atoms with Crippen molar-refractivity contribution in [3.63, 3.8) is 0 Å². The van der Waals surface area contributed by atoms with Crippen LogP contribution in [0.4, 0.5) is 0 Å². The van der Waals surface area contributed by atoms with Gasteiger partial charge in [0.1, 0.15) is 54.9 Å². The normalized spacial score (nSPS) is 26.8. The van der Waals surface area contributed by atoms with E-state index >= 15 is 0 Å². The zero-order valence-corrected chi connectivity index (χ0v) is 40.8. The highest BCUT2D eigenvalue weighted by atomic mass is 16.7. The minimum atomic E-state index is -1.73. The van der Waals surface area contributed by atoms with Crippen LogP contribution in [-0.4, -0.2) is 143 Å². The smallest absolute Gasteiger partial charge is 0.187 e. The first-order valence-corrected chi connectivity index (χ1v) is 26.7. The van der Waals surface area contributed by atoms with Crippen molar-refractivity contribution < 1.29 is 64.2 Å². The summed E-state index contributed by atoms with van der Waals surface area (Å²) in [4.78, 5) is 0. The van der Waals surface area contributed by atoms with Gasteiger partial charge in [0.15, 0.2) is 12.6 Å². The maximum Gasteiger partial charge on any atom is 0.187 e. The number of aliphatic hydroxyl groups is 7. The lowest BCUT2D eigenvalue weighted by atomic mass is 9.97. The molecule has 2 rings (SSSR count). The van der Waals surface area contributed by atoms with Gasteiger partial charge in [0.05, 0.1) is 26.4 Å². The van der Waals surface area contributed by atoms with Crippen molar-refractivity contribution in [2.24, 2.45) is 0 Å². The molecule has 0 amide bonds. The van der Waals surface area contributed by atoms with Gasteiger partial charge in [-0.3, -0.25) is 0 Å². The summed E-state index contributed by atoms with van der Waals surface area (Å²) < 4.78 is 35.2. The Labute approximate surface area is 389 Å². The molecule has 0 aromatic carbocycles. The molecule has 0 spiro atoms. The first-order chi connectivity index (χ1) is 31.3. The summed E-state index contributed by atoms with van der Waals surface area (Å²) in [7, 11) is 0. The largest absolute Gasteiger partial charge is 0.394 e. The predicted molar refractivity (Wildman–Crippen MR) is 252 cm³/mol. The Morgan fingerprint density at radius 2 is 0.766 bits per heavy atom. The third-order valence-electron chi connectivity index (χ3n) is 13.2. The lowest BCUT2D eigenvalue weighted by Gasteiger charge is -2.46. The fourth-order valence-electron chi connectivity index (χ4n) is 8.91. The van der Waals surface area contributed by atoms with Gasteiger partial charge in [0.25, 0.3) is 0 Å². The van der Waals surface area contributed by atoms with Crippen LogP contribution >= 0.6 is 0 Å². The lowest BCUT2D eigenvalue weighted by Crippen LogP contribution is -2.64. The van der Waals surface area contributed by atoms with Crippen molar-refractivity contribution >= 4 is 0 Å². The van der Waals surface area contributed by atoms with Crippen molar-refractivity contribution in [1.29, 1.82) is 0 Å². The Bertz CT molecular complexity index is 1010. The van der Waals surface area contributed by atoms with Gasteiger partial charge >= 0.3 is 0 Å². The van der Waals surface area contributed by atoms with E-state index in [1.165, 1.54) is 180 Å². The first kappa shape index (κ1) is 59.6. The highest BCUT2D eigenvalue weighted by Crippen LogP contribution is 2.30. The van der Waals surface area contributed by atoms with Crippen LogP contribution in [0.2, 0.25) is 0 Å². The van der Waals surface area contributed by atoms with Crippen molar-refractivity contribution in [3.8, 4) is 0 Å². The van der Waals surface area contributed by atoms with Gasteiger partial charge in [0, 0.05) is 13.2 Å². The zero-order valence-electron chi connectivity index (χ0n) is 40.8. The number of unbranched alkanes of at least 4 members (excludes halogenated alkanes) is 30. The van der Waals surface area contributed by atoms with Crippen LogP contribution in [0.15, 0.2) is 0 Å². The molecule has 382 valence electrons. The summed E-state index contributed by atoms with van der Waals surface area (Å²) in [5, 5.41) is 72.6. The highest BCUT2D eigenvalue weighted by Gasteiger charge is 2.50. The van der Waals surface area contributed by atoms with Gasteiger partial charge in [-0.25, -0.2) is 0 Å². The third-order valence-corrected chi connectivity index (χ3v) is 13.2. The maximum absolute atomic E-state index is 11.1. The average Bonchev–Trinajstić information content (AvgIpc) is 3.30. The minimum absolute atomic E-state index is 0.0165. The molecule has 0 radical (unpaired) electrons. The molecule has 64 heavy (non-hydrogen) atoms. The van der Waals surface area contributed by atoms with Crippen molar-refractivity contribution in [2.45, 2.75) is 287 Å². The fraction of sp³-hybridized carbons (Fsp3) is 1.00. The second-order valence-corrected chi connectivity index (χ2v) is 19.0. The Morgan fingerprint density at radius 3 is 1.19 bits per heavy atom. The van der Waals surface area contributed by atoms with Gasteiger partial charge in [-0.05, 0) is 12.8 Å². The fourth-order valence-corrected chi connectivity index (χ4v) is 8.91.